The van der Waals surface area contributed by atoms with Crippen molar-refractivity contribution in [3.63, 3.8) is 0 Å². The first-order chi connectivity index (χ1) is 13.3. The number of rotatable bonds is 5. The number of fused-ring (bicyclic) bond motifs is 1. The molecule has 5 heteroatoms. The van der Waals surface area contributed by atoms with E-state index in [1.54, 1.807) is 30.5 Å². The van der Waals surface area contributed by atoms with Crippen molar-refractivity contribution in [3.05, 3.63) is 96.4 Å². The third-order valence-electron chi connectivity index (χ3n) is 4.13. The monoisotopic (exact) mass is 355 g/mol. The van der Waals surface area contributed by atoms with Gasteiger partial charge in [0.05, 0.1) is 5.52 Å². The Hall–Kier alpha value is -3.73. The lowest BCUT2D eigenvalue weighted by Crippen LogP contribution is -2.11. The lowest BCUT2D eigenvalue weighted by Gasteiger charge is -2.08. The van der Waals surface area contributed by atoms with Gasteiger partial charge in [0, 0.05) is 22.8 Å². The number of amides is 1. The molecule has 1 N–H and O–H groups in total. The molecule has 132 valence electrons. The molecule has 27 heavy (non-hydrogen) atoms. The fraction of sp³-hybridized carbons (Fsp3) is 0.0455. The van der Waals surface area contributed by atoms with E-state index in [0.29, 0.717) is 17.9 Å². The quantitative estimate of drug-likeness (QED) is 0.574. The molecule has 1 amide bonds. The van der Waals surface area contributed by atoms with Crippen LogP contribution in [0.4, 0.5) is 5.69 Å². The third-order valence-corrected chi connectivity index (χ3v) is 4.13. The van der Waals surface area contributed by atoms with Crippen LogP contribution >= 0.6 is 0 Å². The predicted octanol–water partition coefficient (Wildman–Crippen LogP) is 4.46. The van der Waals surface area contributed by atoms with Crippen molar-refractivity contribution in [1.82, 2.24) is 9.97 Å². The zero-order valence-electron chi connectivity index (χ0n) is 14.5. The van der Waals surface area contributed by atoms with Crippen LogP contribution in [0.3, 0.4) is 0 Å². The lowest BCUT2D eigenvalue weighted by molar-refractivity contribution is 0.102. The summed E-state index contributed by atoms with van der Waals surface area (Å²) < 4.78 is 5.75. The molecule has 5 nitrogen and oxygen atoms in total. The smallest absolute Gasteiger partial charge is 0.255 e. The standard InChI is InChI=1S/C22H17N3O2/c26-22(25-19-9-6-18-13-23-15-24-21(18)12-19)17-7-10-20(11-8-17)27-14-16-4-2-1-3-5-16/h1-13,15H,14H2,(H,25,26). The molecule has 0 atom stereocenters. The lowest BCUT2D eigenvalue weighted by atomic mass is 10.2. The molecule has 0 saturated heterocycles. The van der Waals surface area contributed by atoms with Crippen LogP contribution in [0.5, 0.6) is 5.75 Å². The van der Waals surface area contributed by atoms with Crippen LogP contribution in [-0.4, -0.2) is 15.9 Å². The summed E-state index contributed by atoms with van der Waals surface area (Å²) in [7, 11) is 0. The van der Waals surface area contributed by atoms with E-state index in [0.717, 1.165) is 22.2 Å². The number of anilines is 1. The minimum Gasteiger partial charge on any atom is -0.489 e. The summed E-state index contributed by atoms with van der Waals surface area (Å²) in [4.78, 5) is 20.6. The molecular weight excluding hydrogens is 338 g/mol. The highest BCUT2D eigenvalue weighted by molar-refractivity contribution is 6.05. The SMILES string of the molecule is O=C(Nc1ccc2cncnc2c1)c1ccc(OCc2ccccc2)cc1. The van der Waals surface area contributed by atoms with Crippen molar-refractivity contribution < 1.29 is 9.53 Å². The van der Waals surface area contributed by atoms with Crippen LogP contribution < -0.4 is 10.1 Å². The predicted molar refractivity (Wildman–Crippen MR) is 105 cm³/mol. The fourth-order valence-electron chi connectivity index (χ4n) is 2.70. The molecule has 3 aromatic carbocycles. The molecule has 0 fully saturated rings. The minimum absolute atomic E-state index is 0.182. The third kappa shape index (κ3) is 4.10. The van der Waals surface area contributed by atoms with Crippen LogP contribution in [0, 0.1) is 0 Å². The van der Waals surface area contributed by atoms with Crippen molar-refractivity contribution in [2.24, 2.45) is 0 Å². The molecule has 4 aromatic rings. The van der Waals surface area contributed by atoms with Crippen molar-refractivity contribution >= 4 is 22.5 Å². The van der Waals surface area contributed by atoms with Crippen LogP contribution in [0.2, 0.25) is 0 Å². The van der Waals surface area contributed by atoms with Crippen molar-refractivity contribution in [2.75, 3.05) is 5.32 Å². The number of benzene rings is 3. The van der Waals surface area contributed by atoms with Crippen LogP contribution in [0.15, 0.2) is 85.3 Å². The Morgan fingerprint density at radius 1 is 0.963 bits per heavy atom. The fourth-order valence-corrected chi connectivity index (χ4v) is 2.70. The molecule has 0 aliphatic heterocycles. The summed E-state index contributed by atoms with van der Waals surface area (Å²) in [6, 6.07) is 22.6. The summed E-state index contributed by atoms with van der Waals surface area (Å²) in [5.41, 5.74) is 3.13. The summed E-state index contributed by atoms with van der Waals surface area (Å²) in [6.45, 7) is 0.491. The molecule has 0 aliphatic rings. The van der Waals surface area contributed by atoms with E-state index in [4.69, 9.17) is 4.74 Å². The van der Waals surface area contributed by atoms with E-state index in [1.807, 2.05) is 48.5 Å². The molecule has 0 bridgehead atoms. The van der Waals surface area contributed by atoms with Gasteiger partial charge in [0.1, 0.15) is 18.7 Å². The first kappa shape index (κ1) is 16.7. The van der Waals surface area contributed by atoms with Crippen molar-refractivity contribution in [2.45, 2.75) is 6.61 Å². The molecule has 1 aromatic heterocycles. The number of aromatic nitrogens is 2. The summed E-state index contributed by atoms with van der Waals surface area (Å²) in [5.74, 6) is 0.538. The van der Waals surface area contributed by atoms with Gasteiger partial charge in [-0.25, -0.2) is 9.97 Å². The number of hydrogen-bond acceptors (Lipinski definition) is 4. The Labute approximate surface area is 156 Å². The normalized spacial score (nSPS) is 10.5. The van der Waals surface area contributed by atoms with Gasteiger partial charge in [-0.05, 0) is 48.0 Å². The van der Waals surface area contributed by atoms with E-state index in [9.17, 15) is 4.79 Å². The van der Waals surface area contributed by atoms with E-state index < -0.39 is 0 Å². The second-order valence-electron chi connectivity index (χ2n) is 6.05. The number of carbonyl (C=O) groups is 1. The highest BCUT2D eigenvalue weighted by Gasteiger charge is 2.07. The van der Waals surface area contributed by atoms with Gasteiger partial charge in [0.25, 0.3) is 5.91 Å². The maximum absolute atomic E-state index is 12.5. The number of nitrogens with one attached hydrogen (secondary N) is 1. The van der Waals surface area contributed by atoms with Crippen LogP contribution in [-0.2, 0) is 6.61 Å². The zero-order chi connectivity index (χ0) is 18.5. The van der Waals surface area contributed by atoms with Crippen molar-refractivity contribution in [3.8, 4) is 5.75 Å². The maximum Gasteiger partial charge on any atom is 0.255 e. The summed E-state index contributed by atoms with van der Waals surface area (Å²) in [6.07, 6.45) is 3.23. The van der Waals surface area contributed by atoms with Gasteiger partial charge in [0.15, 0.2) is 0 Å². The Kier molecular flexibility index (Phi) is 4.74. The average Bonchev–Trinajstić information content (AvgIpc) is 2.73. The Morgan fingerprint density at radius 3 is 2.59 bits per heavy atom. The van der Waals surface area contributed by atoms with Gasteiger partial charge < -0.3 is 10.1 Å². The van der Waals surface area contributed by atoms with Gasteiger partial charge in [-0.1, -0.05) is 30.3 Å². The van der Waals surface area contributed by atoms with E-state index in [-0.39, 0.29) is 5.91 Å². The number of hydrogen-bond donors (Lipinski definition) is 1. The molecule has 0 aliphatic carbocycles. The highest BCUT2D eigenvalue weighted by Crippen LogP contribution is 2.18. The van der Waals surface area contributed by atoms with Gasteiger partial charge in [-0.15, -0.1) is 0 Å². The zero-order valence-corrected chi connectivity index (χ0v) is 14.5. The largest absolute Gasteiger partial charge is 0.489 e. The van der Waals surface area contributed by atoms with Gasteiger partial charge >= 0.3 is 0 Å². The number of carbonyl (C=O) groups excluding carboxylic acids is 1. The molecule has 1 heterocycles. The molecule has 0 spiro atoms. The number of ether oxygens (including phenoxy) is 1. The highest BCUT2D eigenvalue weighted by atomic mass is 16.5. The first-order valence-electron chi connectivity index (χ1n) is 8.56. The van der Waals surface area contributed by atoms with E-state index >= 15 is 0 Å². The summed E-state index contributed by atoms with van der Waals surface area (Å²) in [5, 5.41) is 3.81. The van der Waals surface area contributed by atoms with Gasteiger partial charge in [-0.2, -0.15) is 0 Å². The molecule has 0 unspecified atom stereocenters. The first-order valence-corrected chi connectivity index (χ1v) is 8.56. The second kappa shape index (κ2) is 7.66. The summed E-state index contributed by atoms with van der Waals surface area (Å²) >= 11 is 0. The van der Waals surface area contributed by atoms with Crippen LogP contribution in [0.1, 0.15) is 15.9 Å². The molecule has 0 saturated carbocycles. The molecular formula is C22H17N3O2. The minimum atomic E-state index is -0.182. The number of nitrogens with zero attached hydrogens (tertiary/aromatic N) is 2. The second-order valence-corrected chi connectivity index (χ2v) is 6.05. The Morgan fingerprint density at radius 2 is 1.78 bits per heavy atom. The van der Waals surface area contributed by atoms with Gasteiger partial charge in [-0.3, -0.25) is 4.79 Å². The van der Waals surface area contributed by atoms with E-state index in [1.165, 1.54) is 6.33 Å². The Balaban J connectivity index is 1.41. The van der Waals surface area contributed by atoms with E-state index in [2.05, 4.69) is 15.3 Å². The topological polar surface area (TPSA) is 64.1 Å². The van der Waals surface area contributed by atoms with Gasteiger partial charge in [0.2, 0.25) is 0 Å². The van der Waals surface area contributed by atoms with Crippen LogP contribution in [0.25, 0.3) is 10.9 Å². The Bertz CT molecular complexity index is 1060. The molecule has 4 rings (SSSR count). The maximum atomic E-state index is 12.5. The van der Waals surface area contributed by atoms with Crippen molar-refractivity contribution in [1.29, 1.82) is 0 Å². The average molecular weight is 355 g/mol. The molecule has 0 radical (unpaired) electrons.